The van der Waals surface area contributed by atoms with Gasteiger partial charge in [0.2, 0.25) is 0 Å². The molecule has 4 heteroatoms. The van der Waals surface area contributed by atoms with Gasteiger partial charge in [0.1, 0.15) is 5.60 Å². The van der Waals surface area contributed by atoms with Gasteiger partial charge in [-0.05, 0) is 73.3 Å². The molecular formula is C19H34N2O2. The van der Waals surface area contributed by atoms with E-state index in [9.17, 15) is 4.79 Å². The van der Waals surface area contributed by atoms with Gasteiger partial charge in [0.05, 0.1) is 0 Å². The maximum absolute atomic E-state index is 11.9. The van der Waals surface area contributed by atoms with Gasteiger partial charge in [0.25, 0.3) is 0 Å². The molecule has 0 aromatic rings. The fourth-order valence-corrected chi connectivity index (χ4v) is 3.24. The number of carbonyl (C=O) groups is 1. The lowest BCUT2D eigenvalue weighted by atomic mass is 9.89. The number of nitrogens with zero attached hydrogens (tertiary/aromatic N) is 1. The zero-order valence-electron chi connectivity index (χ0n) is 15.7. The Hall–Kier alpha value is -1.45. The normalized spacial score (nSPS) is 21.3. The van der Waals surface area contributed by atoms with Gasteiger partial charge in [-0.15, -0.1) is 0 Å². The quantitative estimate of drug-likeness (QED) is 0.751. The Balaban J connectivity index is 2.56. The molecule has 0 aromatic heterocycles. The number of ether oxygens (including phenoxy) is 1. The van der Waals surface area contributed by atoms with Crippen LogP contribution in [-0.4, -0.2) is 35.2 Å². The molecule has 1 N–H and O–H groups in total. The second kappa shape index (κ2) is 8.42. The Kier molecular flexibility index (Phi) is 7.17. The summed E-state index contributed by atoms with van der Waals surface area (Å²) in [4.78, 5) is 14.3. The van der Waals surface area contributed by atoms with Gasteiger partial charge in [-0.2, -0.15) is 0 Å². The molecule has 0 bridgehead atoms. The summed E-state index contributed by atoms with van der Waals surface area (Å²) in [5, 5.41) is 3.01. The van der Waals surface area contributed by atoms with Crippen molar-refractivity contribution < 1.29 is 9.53 Å². The summed E-state index contributed by atoms with van der Waals surface area (Å²) in [6, 6.07) is 0.748. The number of rotatable bonds is 5. The van der Waals surface area contributed by atoms with Gasteiger partial charge in [-0.1, -0.05) is 12.2 Å². The summed E-state index contributed by atoms with van der Waals surface area (Å²) in [5.41, 5.74) is 2.11. The van der Waals surface area contributed by atoms with Crippen molar-refractivity contribution in [2.75, 3.05) is 6.54 Å². The van der Waals surface area contributed by atoms with Crippen molar-refractivity contribution in [1.82, 2.24) is 10.2 Å². The first-order chi connectivity index (χ1) is 10.7. The molecule has 0 aromatic carbocycles. The number of likely N-dealkylation sites (N-methyl/N-ethyl adjacent to an activating group) is 1. The highest BCUT2D eigenvalue weighted by Crippen LogP contribution is 2.27. The van der Waals surface area contributed by atoms with E-state index >= 15 is 0 Å². The van der Waals surface area contributed by atoms with Crippen LogP contribution in [0.5, 0.6) is 0 Å². The molecule has 0 atom stereocenters. The second-order valence-corrected chi connectivity index (χ2v) is 7.53. The van der Waals surface area contributed by atoms with E-state index in [0.29, 0.717) is 6.04 Å². The van der Waals surface area contributed by atoms with E-state index in [1.165, 1.54) is 11.3 Å². The molecule has 1 aliphatic rings. The largest absolute Gasteiger partial charge is 0.444 e. The van der Waals surface area contributed by atoms with Crippen molar-refractivity contribution in [3.63, 3.8) is 0 Å². The summed E-state index contributed by atoms with van der Waals surface area (Å²) in [6.07, 6.45) is 5.81. The number of nitrogens with one attached hydrogen (secondary N) is 1. The van der Waals surface area contributed by atoms with Crippen molar-refractivity contribution in [1.29, 1.82) is 0 Å². The molecule has 1 amide bonds. The molecule has 4 nitrogen and oxygen atoms in total. The molecule has 132 valence electrons. The van der Waals surface area contributed by atoms with Crippen LogP contribution >= 0.6 is 0 Å². The molecular weight excluding hydrogens is 288 g/mol. The third kappa shape index (κ3) is 6.28. The maximum atomic E-state index is 11.9. The predicted molar refractivity (Wildman–Crippen MR) is 96.4 cm³/mol. The van der Waals surface area contributed by atoms with Crippen LogP contribution in [0.1, 0.15) is 67.2 Å². The molecule has 0 aliphatic heterocycles. The van der Waals surface area contributed by atoms with Crippen LogP contribution in [0.2, 0.25) is 0 Å². The Morgan fingerprint density at radius 2 is 1.83 bits per heavy atom. The third-order valence-corrected chi connectivity index (χ3v) is 4.21. The number of hydrogen-bond acceptors (Lipinski definition) is 3. The van der Waals surface area contributed by atoms with Crippen molar-refractivity contribution in [3.8, 4) is 0 Å². The molecule has 0 saturated heterocycles. The van der Waals surface area contributed by atoms with Crippen LogP contribution in [0.4, 0.5) is 4.79 Å². The smallest absolute Gasteiger partial charge is 0.407 e. The minimum Gasteiger partial charge on any atom is -0.444 e. The number of carbonyl (C=O) groups excluding carboxylic acids is 1. The van der Waals surface area contributed by atoms with Crippen LogP contribution in [0.25, 0.3) is 0 Å². The molecule has 0 radical (unpaired) electrons. The topological polar surface area (TPSA) is 41.6 Å². The fourth-order valence-electron chi connectivity index (χ4n) is 3.24. The van der Waals surface area contributed by atoms with Gasteiger partial charge < -0.3 is 15.0 Å². The van der Waals surface area contributed by atoms with Crippen LogP contribution in [0.15, 0.2) is 23.9 Å². The fraction of sp³-hybridized carbons (Fsp3) is 0.737. The van der Waals surface area contributed by atoms with Gasteiger partial charge in [0.15, 0.2) is 0 Å². The number of allylic oxidation sites excluding steroid dienone is 2. The van der Waals surface area contributed by atoms with E-state index in [2.05, 4.69) is 37.6 Å². The molecule has 1 saturated carbocycles. The molecule has 1 fully saturated rings. The molecule has 0 unspecified atom stereocenters. The minimum atomic E-state index is -0.442. The Morgan fingerprint density at radius 1 is 1.26 bits per heavy atom. The van der Waals surface area contributed by atoms with Crippen molar-refractivity contribution in [2.24, 2.45) is 0 Å². The predicted octanol–water partition coefficient (Wildman–Crippen LogP) is 4.62. The van der Waals surface area contributed by atoms with Crippen molar-refractivity contribution >= 4 is 6.09 Å². The van der Waals surface area contributed by atoms with Crippen LogP contribution in [0, 0.1) is 0 Å². The highest BCUT2D eigenvalue weighted by Gasteiger charge is 2.28. The average Bonchev–Trinajstić information content (AvgIpc) is 2.43. The number of alkyl carbamates (subject to hydrolysis) is 1. The highest BCUT2D eigenvalue weighted by atomic mass is 16.6. The highest BCUT2D eigenvalue weighted by molar-refractivity contribution is 5.68. The van der Waals surface area contributed by atoms with E-state index < -0.39 is 5.60 Å². The summed E-state index contributed by atoms with van der Waals surface area (Å²) in [6.45, 7) is 17.1. The van der Waals surface area contributed by atoms with Gasteiger partial charge >= 0.3 is 6.09 Å². The maximum Gasteiger partial charge on any atom is 0.407 e. The first-order valence-electron chi connectivity index (χ1n) is 8.74. The summed E-state index contributed by atoms with van der Waals surface area (Å²) in [7, 11) is 0. The lowest BCUT2D eigenvalue weighted by Gasteiger charge is -2.39. The second-order valence-electron chi connectivity index (χ2n) is 7.53. The van der Waals surface area contributed by atoms with Gasteiger partial charge in [0, 0.05) is 24.3 Å². The number of hydrogen-bond donors (Lipinski definition) is 1. The van der Waals surface area contributed by atoms with Crippen molar-refractivity contribution in [2.45, 2.75) is 84.9 Å². The number of amides is 1. The van der Waals surface area contributed by atoms with E-state index in [1.807, 2.05) is 26.8 Å². The van der Waals surface area contributed by atoms with Gasteiger partial charge in [-0.25, -0.2) is 4.79 Å². The zero-order valence-corrected chi connectivity index (χ0v) is 15.7. The molecule has 0 spiro atoms. The lowest BCUT2D eigenvalue weighted by Crippen LogP contribution is -2.45. The monoisotopic (exact) mass is 322 g/mol. The molecule has 1 rings (SSSR count). The van der Waals surface area contributed by atoms with Gasteiger partial charge in [-0.3, -0.25) is 0 Å². The summed E-state index contributed by atoms with van der Waals surface area (Å²) in [5.74, 6) is 0. The third-order valence-electron chi connectivity index (χ3n) is 4.21. The minimum absolute atomic E-state index is 0.221. The van der Waals surface area contributed by atoms with E-state index in [-0.39, 0.29) is 12.1 Å². The molecule has 1 aliphatic carbocycles. The first-order valence-corrected chi connectivity index (χ1v) is 8.74. The van der Waals surface area contributed by atoms with Crippen LogP contribution in [-0.2, 0) is 4.74 Å². The standard InChI is InChI=1S/C19H34N2O2/c1-8-17(14(3)4)21(9-2)16-12-10-15(11-13-16)20-18(22)23-19(5,6)7/h8,15-16H,1,9-13H2,2-7H3,(H,20,22). The van der Waals surface area contributed by atoms with Crippen LogP contribution < -0.4 is 5.32 Å². The van der Waals surface area contributed by atoms with Crippen molar-refractivity contribution in [3.05, 3.63) is 23.9 Å². The van der Waals surface area contributed by atoms with Crippen LogP contribution in [0.3, 0.4) is 0 Å². The molecule has 23 heavy (non-hydrogen) atoms. The first kappa shape index (κ1) is 19.6. The van der Waals surface area contributed by atoms with E-state index in [1.54, 1.807) is 0 Å². The SMILES string of the molecule is C=CC(=C(C)C)N(CC)C1CCC(NC(=O)OC(C)(C)C)CC1. The van der Waals surface area contributed by atoms with E-state index in [0.717, 1.165) is 32.2 Å². The Morgan fingerprint density at radius 3 is 2.22 bits per heavy atom. The Labute approximate surface area is 142 Å². The molecule has 0 heterocycles. The Bertz CT molecular complexity index is 437. The average molecular weight is 322 g/mol. The summed E-state index contributed by atoms with van der Waals surface area (Å²) >= 11 is 0. The lowest BCUT2D eigenvalue weighted by molar-refractivity contribution is 0.0482. The van der Waals surface area contributed by atoms with E-state index in [4.69, 9.17) is 4.74 Å². The summed E-state index contributed by atoms with van der Waals surface area (Å²) < 4.78 is 5.34. The zero-order chi connectivity index (χ0) is 17.6.